The zero-order chi connectivity index (χ0) is 17.2. The lowest BCUT2D eigenvalue weighted by atomic mass is 9.98. The highest BCUT2D eigenvalue weighted by Gasteiger charge is 2.42. The Kier molecular flexibility index (Phi) is 5.01. The fourth-order valence-corrected chi connectivity index (χ4v) is 4.32. The minimum Gasteiger partial charge on any atom is -0.363 e. The van der Waals surface area contributed by atoms with Gasteiger partial charge in [-0.1, -0.05) is 6.07 Å². The Labute approximate surface area is 149 Å². The van der Waals surface area contributed by atoms with Crippen LogP contribution in [-0.4, -0.2) is 83.6 Å². The van der Waals surface area contributed by atoms with Gasteiger partial charge in [0.25, 0.3) is 5.91 Å². The van der Waals surface area contributed by atoms with Gasteiger partial charge in [0, 0.05) is 51.5 Å². The Morgan fingerprint density at radius 2 is 2.00 bits per heavy atom. The van der Waals surface area contributed by atoms with Gasteiger partial charge in [-0.2, -0.15) is 0 Å². The van der Waals surface area contributed by atoms with Crippen LogP contribution >= 0.6 is 0 Å². The van der Waals surface area contributed by atoms with Crippen LogP contribution < -0.4 is 0 Å². The fraction of sp³-hybridized carbons (Fsp3) is 0.684. The number of hydrogen-bond acceptors (Lipinski definition) is 5. The highest BCUT2D eigenvalue weighted by molar-refractivity contribution is 5.81. The summed E-state index contributed by atoms with van der Waals surface area (Å²) in [5, 5.41) is 0. The Balaban J connectivity index is 1.33. The van der Waals surface area contributed by atoms with E-state index in [-0.39, 0.29) is 18.1 Å². The van der Waals surface area contributed by atoms with Crippen molar-refractivity contribution in [2.75, 3.05) is 39.8 Å². The summed E-state index contributed by atoms with van der Waals surface area (Å²) in [6, 6.07) is 6.50. The number of ether oxygens (including phenoxy) is 1. The molecule has 1 amide bonds. The summed E-state index contributed by atoms with van der Waals surface area (Å²) in [5.74, 6) is 0.203. The topological polar surface area (TPSA) is 48.9 Å². The van der Waals surface area contributed by atoms with Crippen LogP contribution in [0.5, 0.6) is 0 Å². The number of piperazine rings is 1. The molecule has 25 heavy (non-hydrogen) atoms. The fourth-order valence-electron chi connectivity index (χ4n) is 4.32. The van der Waals surface area contributed by atoms with Crippen LogP contribution in [0.15, 0.2) is 24.4 Å². The number of pyridine rings is 1. The predicted octanol–water partition coefficient (Wildman–Crippen LogP) is 0.977. The van der Waals surface area contributed by atoms with Crippen molar-refractivity contribution in [3.05, 3.63) is 30.1 Å². The van der Waals surface area contributed by atoms with Crippen molar-refractivity contribution in [2.45, 2.75) is 44.1 Å². The number of carbonyl (C=O) groups is 1. The molecule has 0 unspecified atom stereocenters. The third-order valence-electron chi connectivity index (χ3n) is 5.84. The number of hydrogen-bond donors (Lipinski definition) is 0. The number of carbonyl (C=O) groups excluding carboxylic acids is 1. The average molecular weight is 344 g/mol. The highest BCUT2D eigenvalue weighted by Crippen LogP contribution is 2.33. The molecular weight excluding hydrogens is 316 g/mol. The molecule has 1 aromatic rings. The maximum Gasteiger partial charge on any atom is 0.251 e. The molecule has 4 heterocycles. The van der Waals surface area contributed by atoms with E-state index < -0.39 is 0 Å². The smallest absolute Gasteiger partial charge is 0.251 e. The van der Waals surface area contributed by atoms with E-state index >= 15 is 0 Å². The van der Waals surface area contributed by atoms with Gasteiger partial charge in [0.2, 0.25) is 0 Å². The maximum absolute atomic E-state index is 12.8. The first-order chi connectivity index (χ1) is 12.2. The minimum absolute atomic E-state index is 0.193. The molecule has 0 bridgehead atoms. The summed E-state index contributed by atoms with van der Waals surface area (Å²) < 4.78 is 6.25. The molecule has 0 radical (unpaired) electrons. The Hall–Kier alpha value is -1.50. The summed E-state index contributed by atoms with van der Waals surface area (Å²) in [6.45, 7) is 5.48. The average Bonchev–Trinajstić information content (AvgIpc) is 3.05. The molecule has 6 nitrogen and oxygen atoms in total. The summed E-state index contributed by atoms with van der Waals surface area (Å²) in [5.41, 5.74) is 1.11. The molecular formula is C19H28N4O2. The molecule has 6 heteroatoms. The quantitative estimate of drug-likeness (QED) is 0.818. The minimum atomic E-state index is -0.237. The van der Waals surface area contributed by atoms with Gasteiger partial charge in [0.1, 0.15) is 6.10 Å². The van der Waals surface area contributed by atoms with Crippen molar-refractivity contribution in [1.82, 2.24) is 19.7 Å². The molecule has 3 atom stereocenters. The highest BCUT2D eigenvalue weighted by atomic mass is 16.5. The van der Waals surface area contributed by atoms with Crippen LogP contribution in [0.1, 0.15) is 25.0 Å². The van der Waals surface area contributed by atoms with Crippen LogP contribution in [0, 0.1) is 0 Å². The summed E-state index contributed by atoms with van der Waals surface area (Å²) in [6.07, 6.45) is 4.71. The standard InChI is InChI=1S/C19H28N4O2/c1-21-10-12-22(13-11-21)19(24)18-6-5-16-17(25-18)7-9-23(16)14-15-4-2-3-8-20-15/h2-4,8,16-18H,5-7,9-14H2,1H3/t16-,17-,18-/m0/s1. The Morgan fingerprint density at radius 1 is 1.16 bits per heavy atom. The summed E-state index contributed by atoms with van der Waals surface area (Å²) >= 11 is 0. The largest absolute Gasteiger partial charge is 0.363 e. The van der Waals surface area contributed by atoms with Gasteiger partial charge in [-0.15, -0.1) is 0 Å². The van der Waals surface area contributed by atoms with E-state index in [9.17, 15) is 4.79 Å². The number of likely N-dealkylation sites (tertiary alicyclic amines) is 1. The van der Waals surface area contributed by atoms with Crippen molar-refractivity contribution < 1.29 is 9.53 Å². The van der Waals surface area contributed by atoms with Gasteiger partial charge in [-0.25, -0.2) is 0 Å². The van der Waals surface area contributed by atoms with Crippen LogP contribution in [0.2, 0.25) is 0 Å². The second-order valence-electron chi connectivity index (χ2n) is 7.52. The van der Waals surface area contributed by atoms with Crippen LogP contribution in [0.3, 0.4) is 0 Å². The van der Waals surface area contributed by atoms with E-state index in [2.05, 4.69) is 27.9 Å². The molecule has 3 aliphatic heterocycles. The molecule has 0 spiro atoms. The van der Waals surface area contributed by atoms with Gasteiger partial charge < -0.3 is 14.5 Å². The van der Waals surface area contributed by atoms with E-state index in [1.54, 1.807) is 0 Å². The summed E-state index contributed by atoms with van der Waals surface area (Å²) in [7, 11) is 2.11. The maximum atomic E-state index is 12.8. The molecule has 1 aromatic heterocycles. The molecule has 3 fully saturated rings. The summed E-state index contributed by atoms with van der Waals surface area (Å²) in [4.78, 5) is 24.0. The zero-order valence-corrected chi connectivity index (χ0v) is 15.0. The van der Waals surface area contributed by atoms with Crippen LogP contribution in [0.4, 0.5) is 0 Å². The number of rotatable bonds is 3. The van der Waals surface area contributed by atoms with E-state index in [0.29, 0.717) is 6.04 Å². The number of nitrogens with zero attached hydrogens (tertiary/aromatic N) is 4. The van der Waals surface area contributed by atoms with Gasteiger partial charge in [-0.3, -0.25) is 14.7 Å². The molecule has 0 aromatic carbocycles. The van der Waals surface area contributed by atoms with Crippen molar-refractivity contribution >= 4 is 5.91 Å². The van der Waals surface area contributed by atoms with Crippen molar-refractivity contribution in [3.63, 3.8) is 0 Å². The van der Waals surface area contributed by atoms with Crippen molar-refractivity contribution in [2.24, 2.45) is 0 Å². The third-order valence-corrected chi connectivity index (χ3v) is 5.84. The first-order valence-electron chi connectivity index (χ1n) is 9.47. The van der Waals surface area contributed by atoms with Crippen LogP contribution in [-0.2, 0) is 16.1 Å². The molecule has 4 rings (SSSR count). The van der Waals surface area contributed by atoms with Gasteiger partial charge in [0.05, 0.1) is 11.8 Å². The molecule has 3 saturated heterocycles. The number of amides is 1. The SMILES string of the molecule is CN1CCN(C(=O)[C@@H]2CC[C@H]3[C@H](CCN3Cc3ccccn3)O2)CC1. The normalized spacial score (nSPS) is 31.1. The molecule has 0 saturated carbocycles. The number of fused-ring (bicyclic) bond motifs is 1. The van der Waals surface area contributed by atoms with E-state index in [1.807, 2.05) is 23.2 Å². The molecule has 3 aliphatic rings. The van der Waals surface area contributed by atoms with Crippen LogP contribution in [0.25, 0.3) is 0 Å². The molecule has 0 aliphatic carbocycles. The second kappa shape index (κ2) is 7.40. The first-order valence-corrected chi connectivity index (χ1v) is 9.47. The number of likely N-dealkylation sites (N-methyl/N-ethyl adjacent to an activating group) is 1. The first kappa shape index (κ1) is 16.9. The van der Waals surface area contributed by atoms with Gasteiger partial charge >= 0.3 is 0 Å². The van der Waals surface area contributed by atoms with E-state index in [4.69, 9.17) is 4.74 Å². The number of aromatic nitrogens is 1. The van der Waals surface area contributed by atoms with Gasteiger partial charge in [-0.05, 0) is 38.4 Å². The predicted molar refractivity (Wildman–Crippen MR) is 95.0 cm³/mol. The molecule has 136 valence electrons. The third kappa shape index (κ3) is 3.71. The second-order valence-corrected chi connectivity index (χ2v) is 7.52. The lowest BCUT2D eigenvalue weighted by molar-refractivity contribution is -0.156. The lowest BCUT2D eigenvalue weighted by Gasteiger charge is -2.39. The van der Waals surface area contributed by atoms with E-state index in [1.165, 1.54) is 0 Å². The Bertz CT molecular complexity index is 588. The lowest BCUT2D eigenvalue weighted by Crippen LogP contribution is -2.53. The molecule has 0 N–H and O–H groups in total. The van der Waals surface area contributed by atoms with Crippen molar-refractivity contribution in [1.29, 1.82) is 0 Å². The van der Waals surface area contributed by atoms with Gasteiger partial charge in [0.15, 0.2) is 0 Å². The zero-order valence-electron chi connectivity index (χ0n) is 15.0. The monoisotopic (exact) mass is 344 g/mol. The van der Waals surface area contributed by atoms with Crippen molar-refractivity contribution in [3.8, 4) is 0 Å². The Morgan fingerprint density at radius 3 is 2.76 bits per heavy atom. The van der Waals surface area contributed by atoms with E-state index in [0.717, 1.165) is 64.2 Å².